The molecule has 1 aliphatic heterocycles. The number of fused-ring (bicyclic) bond motifs is 1. The molecule has 2 heterocycles. The molecule has 0 fully saturated rings. The van der Waals surface area contributed by atoms with E-state index in [9.17, 15) is 4.79 Å². The SMILES string of the molecule is CC(=O)N(c1cccc(C)c1)c1nc(C[NH+]2CCc3ccccc3C2)cs1. The molecule has 27 heavy (non-hydrogen) atoms. The molecule has 0 spiro atoms. The van der Waals surface area contributed by atoms with E-state index in [0.29, 0.717) is 0 Å². The lowest BCUT2D eigenvalue weighted by Crippen LogP contribution is -3.10. The molecule has 138 valence electrons. The molecule has 3 aromatic rings. The first-order valence-electron chi connectivity index (χ1n) is 9.32. The van der Waals surface area contributed by atoms with Crippen LogP contribution in [0.15, 0.2) is 53.9 Å². The number of aryl methyl sites for hydroxylation is 1. The first-order valence-corrected chi connectivity index (χ1v) is 10.2. The normalized spacial score (nSPS) is 16.0. The fourth-order valence-corrected chi connectivity index (χ4v) is 4.61. The van der Waals surface area contributed by atoms with Crippen molar-refractivity contribution in [2.24, 2.45) is 0 Å². The van der Waals surface area contributed by atoms with Gasteiger partial charge in [0.1, 0.15) is 18.8 Å². The zero-order chi connectivity index (χ0) is 18.8. The van der Waals surface area contributed by atoms with Crippen LogP contribution in [0.5, 0.6) is 0 Å². The number of aromatic nitrogens is 1. The smallest absolute Gasteiger partial charge is 0.230 e. The third-order valence-electron chi connectivity index (χ3n) is 5.04. The number of rotatable bonds is 4. The van der Waals surface area contributed by atoms with Crippen LogP contribution in [0.25, 0.3) is 0 Å². The van der Waals surface area contributed by atoms with E-state index in [1.807, 2.05) is 31.2 Å². The van der Waals surface area contributed by atoms with Crippen molar-refractivity contribution in [3.8, 4) is 0 Å². The number of nitrogens with one attached hydrogen (secondary N) is 1. The minimum Gasteiger partial charge on any atom is -0.326 e. The average Bonchev–Trinajstić information content (AvgIpc) is 3.09. The number of hydrogen-bond acceptors (Lipinski definition) is 3. The van der Waals surface area contributed by atoms with Crippen LogP contribution < -0.4 is 9.80 Å². The Labute approximate surface area is 164 Å². The van der Waals surface area contributed by atoms with Gasteiger partial charge in [-0.3, -0.25) is 9.69 Å². The standard InChI is InChI=1S/C22H23N3OS/c1-16-6-5-9-21(12-16)25(17(2)26)22-23-20(15-27-22)14-24-11-10-18-7-3-4-8-19(18)13-24/h3-9,12,15H,10-11,13-14H2,1-2H3/p+1. The van der Waals surface area contributed by atoms with Crippen LogP contribution in [0.1, 0.15) is 29.3 Å². The summed E-state index contributed by atoms with van der Waals surface area (Å²) < 4.78 is 0. The third-order valence-corrected chi connectivity index (χ3v) is 5.92. The Morgan fingerprint density at radius 3 is 2.78 bits per heavy atom. The average molecular weight is 379 g/mol. The number of anilines is 2. The van der Waals surface area contributed by atoms with Gasteiger partial charge in [-0.1, -0.05) is 36.4 Å². The second-order valence-electron chi connectivity index (χ2n) is 7.19. The largest absolute Gasteiger partial charge is 0.326 e. The highest BCUT2D eigenvalue weighted by atomic mass is 32.1. The topological polar surface area (TPSA) is 37.6 Å². The summed E-state index contributed by atoms with van der Waals surface area (Å²) >= 11 is 1.54. The molecule has 0 saturated heterocycles. The first kappa shape index (κ1) is 17.9. The number of hydrogen-bond donors (Lipinski definition) is 1. The van der Waals surface area contributed by atoms with E-state index in [4.69, 9.17) is 4.98 Å². The van der Waals surface area contributed by atoms with Crippen LogP contribution >= 0.6 is 11.3 Å². The quantitative estimate of drug-likeness (QED) is 0.757. The second-order valence-corrected chi connectivity index (χ2v) is 8.02. The van der Waals surface area contributed by atoms with Gasteiger partial charge >= 0.3 is 0 Å². The van der Waals surface area contributed by atoms with E-state index in [-0.39, 0.29) is 5.91 Å². The Hall–Kier alpha value is -2.50. The van der Waals surface area contributed by atoms with E-state index in [0.717, 1.165) is 48.1 Å². The van der Waals surface area contributed by atoms with Crippen LogP contribution in [0.4, 0.5) is 10.8 Å². The number of thiazole rings is 1. The summed E-state index contributed by atoms with van der Waals surface area (Å²) in [6.07, 6.45) is 1.12. The van der Waals surface area contributed by atoms with Gasteiger partial charge in [0.2, 0.25) is 5.91 Å². The first-order chi connectivity index (χ1) is 13.1. The number of benzene rings is 2. The summed E-state index contributed by atoms with van der Waals surface area (Å²) in [6, 6.07) is 16.7. The van der Waals surface area contributed by atoms with Crippen molar-refractivity contribution in [1.82, 2.24) is 4.98 Å². The second kappa shape index (κ2) is 7.62. The Bertz CT molecular complexity index is 965. The third kappa shape index (κ3) is 3.94. The Morgan fingerprint density at radius 2 is 2.00 bits per heavy atom. The van der Waals surface area contributed by atoms with Gasteiger partial charge in [-0.2, -0.15) is 0 Å². The molecular weight excluding hydrogens is 354 g/mol. The fourth-order valence-electron chi connectivity index (χ4n) is 3.72. The van der Waals surface area contributed by atoms with Crippen LogP contribution in [-0.4, -0.2) is 17.4 Å². The van der Waals surface area contributed by atoms with Crippen molar-refractivity contribution < 1.29 is 9.69 Å². The van der Waals surface area contributed by atoms with Gasteiger partial charge in [0.05, 0.1) is 12.2 Å². The summed E-state index contributed by atoms with van der Waals surface area (Å²) in [6.45, 7) is 6.68. The molecule has 4 rings (SSSR count). The highest BCUT2D eigenvalue weighted by molar-refractivity contribution is 7.14. The molecule has 1 unspecified atom stereocenters. The lowest BCUT2D eigenvalue weighted by atomic mass is 10.00. The van der Waals surface area contributed by atoms with Gasteiger partial charge in [-0.25, -0.2) is 4.98 Å². The van der Waals surface area contributed by atoms with E-state index >= 15 is 0 Å². The van der Waals surface area contributed by atoms with E-state index in [1.165, 1.54) is 16.0 Å². The van der Waals surface area contributed by atoms with Crippen molar-refractivity contribution in [3.05, 3.63) is 76.3 Å². The summed E-state index contributed by atoms with van der Waals surface area (Å²) in [5.41, 5.74) is 5.99. The summed E-state index contributed by atoms with van der Waals surface area (Å²) in [4.78, 5) is 20.3. The molecule has 1 atom stereocenters. The molecule has 1 aliphatic rings. The van der Waals surface area contributed by atoms with E-state index in [2.05, 4.69) is 29.6 Å². The minimum atomic E-state index is -0.0132. The molecule has 1 N–H and O–H groups in total. The van der Waals surface area contributed by atoms with Gasteiger partial charge in [0.15, 0.2) is 5.13 Å². The maximum atomic E-state index is 12.3. The molecule has 0 aliphatic carbocycles. The predicted molar refractivity (Wildman–Crippen MR) is 109 cm³/mol. The number of carbonyl (C=O) groups is 1. The zero-order valence-corrected chi connectivity index (χ0v) is 16.6. The van der Waals surface area contributed by atoms with Crippen molar-refractivity contribution >= 4 is 28.1 Å². The molecule has 1 amide bonds. The Kier molecular flexibility index (Phi) is 5.05. The number of amides is 1. The van der Waals surface area contributed by atoms with Crippen molar-refractivity contribution in [3.63, 3.8) is 0 Å². The minimum absolute atomic E-state index is 0.0132. The number of quaternary nitrogens is 1. The lowest BCUT2D eigenvalue weighted by molar-refractivity contribution is -0.929. The van der Waals surface area contributed by atoms with Crippen LogP contribution in [0, 0.1) is 6.92 Å². The predicted octanol–water partition coefficient (Wildman–Crippen LogP) is 3.28. The summed E-state index contributed by atoms with van der Waals surface area (Å²) in [5, 5.41) is 2.84. The monoisotopic (exact) mass is 378 g/mol. The highest BCUT2D eigenvalue weighted by Gasteiger charge is 2.22. The van der Waals surface area contributed by atoms with Crippen LogP contribution in [-0.2, 0) is 24.3 Å². The lowest BCUT2D eigenvalue weighted by Gasteiger charge is -2.25. The zero-order valence-electron chi connectivity index (χ0n) is 15.7. The van der Waals surface area contributed by atoms with Gasteiger partial charge in [-0.05, 0) is 30.2 Å². The summed E-state index contributed by atoms with van der Waals surface area (Å²) in [7, 11) is 0. The van der Waals surface area contributed by atoms with Gasteiger partial charge < -0.3 is 4.90 Å². The van der Waals surface area contributed by atoms with Crippen molar-refractivity contribution in [2.45, 2.75) is 33.4 Å². The highest BCUT2D eigenvalue weighted by Crippen LogP contribution is 2.29. The summed E-state index contributed by atoms with van der Waals surface area (Å²) in [5.74, 6) is -0.0132. The molecule has 4 nitrogen and oxygen atoms in total. The van der Waals surface area contributed by atoms with Crippen molar-refractivity contribution in [2.75, 3.05) is 11.4 Å². The van der Waals surface area contributed by atoms with Gasteiger partial charge in [-0.15, -0.1) is 11.3 Å². The van der Waals surface area contributed by atoms with Gasteiger partial charge in [0, 0.05) is 24.3 Å². The maximum Gasteiger partial charge on any atom is 0.230 e. The molecule has 2 aromatic carbocycles. The number of carbonyl (C=O) groups excluding carboxylic acids is 1. The Morgan fingerprint density at radius 1 is 1.19 bits per heavy atom. The van der Waals surface area contributed by atoms with Gasteiger partial charge in [0.25, 0.3) is 0 Å². The van der Waals surface area contributed by atoms with E-state index < -0.39 is 0 Å². The molecule has 5 heteroatoms. The Balaban J connectivity index is 1.52. The van der Waals surface area contributed by atoms with Crippen molar-refractivity contribution in [1.29, 1.82) is 0 Å². The van der Waals surface area contributed by atoms with E-state index in [1.54, 1.807) is 23.2 Å². The molecular formula is C22H24N3OS+. The molecule has 0 radical (unpaired) electrons. The van der Waals surface area contributed by atoms with Crippen LogP contribution in [0.2, 0.25) is 0 Å². The number of nitrogens with zero attached hydrogens (tertiary/aromatic N) is 2. The fraction of sp³-hybridized carbons (Fsp3) is 0.273. The maximum absolute atomic E-state index is 12.3. The molecule has 0 bridgehead atoms. The molecule has 0 saturated carbocycles. The van der Waals surface area contributed by atoms with Crippen LogP contribution in [0.3, 0.4) is 0 Å². The molecule has 1 aromatic heterocycles.